The summed E-state index contributed by atoms with van der Waals surface area (Å²) in [6.45, 7) is 2.78. The summed E-state index contributed by atoms with van der Waals surface area (Å²) in [6.07, 6.45) is 2.70. The van der Waals surface area contributed by atoms with Crippen LogP contribution in [0.3, 0.4) is 0 Å². The molecule has 0 bridgehead atoms. The first-order chi connectivity index (χ1) is 16.4. The molecule has 2 aliphatic heterocycles. The van der Waals surface area contributed by atoms with Gasteiger partial charge < -0.3 is 15.0 Å². The molecule has 8 heteroatoms. The third-order valence-corrected chi connectivity index (χ3v) is 6.89. The average Bonchev–Trinajstić information content (AvgIpc) is 3.58. The number of carbonyl (C=O) groups is 3. The van der Waals surface area contributed by atoms with Gasteiger partial charge >= 0.3 is 0 Å². The van der Waals surface area contributed by atoms with E-state index in [4.69, 9.17) is 4.74 Å². The Hall–Kier alpha value is -3.26. The number of piperidine rings is 1. The molecule has 3 amide bonds. The highest BCUT2D eigenvalue weighted by Gasteiger charge is 2.54. The van der Waals surface area contributed by atoms with Crippen molar-refractivity contribution in [3.05, 3.63) is 71.0 Å². The molecule has 7 nitrogen and oxygen atoms in total. The second-order valence-corrected chi connectivity index (χ2v) is 9.40. The van der Waals surface area contributed by atoms with Crippen LogP contribution in [0.15, 0.2) is 48.5 Å². The largest absolute Gasteiger partial charge is 0.353 e. The van der Waals surface area contributed by atoms with E-state index in [1.807, 2.05) is 25.1 Å². The van der Waals surface area contributed by atoms with Crippen molar-refractivity contribution in [2.75, 3.05) is 19.7 Å². The molecule has 1 N–H and O–H groups in total. The summed E-state index contributed by atoms with van der Waals surface area (Å²) in [5.74, 6) is -1.01. The highest BCUT2D eigenvalue weighted by molar-refractivity contribution is 5.99. The van der Waals surface area contributed by atoms with Gasteiger partial charge in [0.2, 0.25) is 5.91 Å². The Bertz CT molecular complexity index is 1110. The number of ether oxygens (including phenoxy) is 1. The monoisotopic (exact) mass is 465 g/mol. The Morgan fingerprint density at radius 3 is 2.35 bits per heavy atom. The van der Waals surface area contributed by atoms with Crippen LogP contribution < -0.4 is 5.32 Å². The van der Waals surface area contributed by atoms with Crippen molar-refractivity contribution in [1.29, 1.82) is 0 Å². The molecule has 1 atom stereocenters. The molecule has 178 valence electrons. The maximum atomic E-state index is 13.7. The van der Waals surface area contributed by atoms with Gasteiger partial charge in [-0.3, -0.25) is 19.3 Å². The number of aryl methyl sites for hydroxylation is 1. The smallest absolute Gasteiger partial charge is 0.256 e. The van der Waals surface area contributed by atoms with E-state index in [9.17, 15) is 18.8 Å². The Morgan fingerprint density at radius 2 is 1.71 bits per heavy atom. The lowest BCUT2D eigenvalue weighted by molar-refractivity contribution is -0.128. The number of benzene rings is 2. The number of hydrogen-bond acceptors (Lipinski definition) is 4. The Balaban J connectivity index is 1.37. The first-order valence-electron chi connectivity index (χ1n) is 11.8. The molecular formula is C26H28FN3O4. The van der Waals surface area contributed by atoms with E-state index >= 15 is 0 Å². The van der Waals surface area contributed by atoms with Crippen LogP contribution in [0.1, 0.15) is 52.0 Å². The second-order valence-electron chi connectivity index (χ2n) is 9.40. The average molecular weight is 466 g/mol. The summed E-state index contributed by atoms with van der Waals surface area (Å²) < 4.78 is 19.5. The van der Waals surface area contributed by atoms with Crippen molar-refractivity contribution in [3.63, 3.8) is 0 Å². The molecule has 0 aromatic heterocycles. The molecule has 1 saturated carbocycles. The zero-order chi connectivity index (χ0) is 23.9. The van der Waals surface area contributed by atoms with E-state index in [1.54, 1.807) is 15.9 Å². The van der Waals surface area contributed by atoms with E-state index in [0.717, 1.165) is 18.4 Å². The second kappa shape index (κ2) is 8.83. The summed E-state index contributed by atoms with van der Waals surface area (Å²) in [5, 5.41) is 3.01. The minimum absolute atomic E-state index is 0.127. The van der Waals surface area contributed by atoms with Crippen LogP contribution in [-0.4, -0.2) is 65.0 Å². The minimum Gasteiger partial charge on any atom is -0.353 e. The molecule has 0 radical (unpaired) electrons. The molecule has 2 saturated heterocycles. The fourth-order valence-corrected chi connectivity index (χ4v) is 4.84. The predicted octanol–water partition coefficient (Wildman–Crippen LogP) is 2.89. The van der Waals surface area contributed by atoms with Crippen molar-refractivity contribution >= 4 is 17.7 Å². The van der Waals surface area contributed by atoms with Crippen LogP contribution in [0.5, 0.6) is 0 Å². The molecule has 1 spiro atoms. The number of nitrogens with zero attached hydrogens (tertiary/aromatic N) is 2. The summed E-state index contributed by atoms with van der Waals surface area (Å²) in [6, 6.07) is 12.3. The van der Waals surface area contributed by atoms with Gasteiger partial charge in [-0.1, -0.05) is 17.7 Å². The molecule has 2 aromatic rings. The van der Waals surface area contributed by atoms with Gasteiger partial charge in [0.25, 0.3) is 11.8 Å². The zero-order valence-corrected chi connectivity index (χ0v) is 19.1. The standard InChI is InChI=1S/C26H28FN3O4/c1-17-3-2-4-19(15-17)25(33)30-22(23(31)28-21-9-10-21)16-34-26(30)11-13-29(14-12-26)24(32)18-5-7-20(27)8-6-18/h2-8,15,21-22H,9-14,16H2,1H3,(H,28,31). The van der Waals surface area contributed by atoms with Crippen LogP contribution in [0.25, 0.3) is 0 Å². The van der Waals surface area contributed by atoms with Gasteiger partial charge in [0, 0.05) is 43.1 Å². The molecule has 2 heterocycles. The lowest BCUT2D eigenvalue weighted by Gasteiger charge is -2.44. The highest BCUT2D eigenvalue weighted by atomic mass is 19.1. The topological polar surface area (TPSA) is 79.0 Å². The number of carbonyl (C=O) groups excluding carboxylic acids is 3. The summed E-state index contributed by atoms with van der Waals surface area (Å²) in [4.78, 5) is 43.0. The quantitative estimate of drug-likeness (QED) is 0.753. The number of rotatable bonds is 4. The summed E-state index contributed by atoms with van der Waals surface area (Å²) in [5.41, 5.74) is 0.933. The van der Waals surface area contributed by atoms with E-state index in [-0.39, 0.29) is 30.4 Å². The van der Waals surface area contributed by atoms with Crippen LogP contribution >= 0.6 is 0 Å². The van der Waals surface area contributed by atoms with Gasteiger partial charge in [0.05, 0.1) is 6.61 Å². The van der Waals surface area contributed by atoms with Crippen LogP contribution in [0.2, 0.25) is 0 Å². The fraction of sp³-hybridized carbons (Fsp3) is 0.423. The van der Waals surface area contributed by atoms with Crippen molar-refractivity contribution in [3.8, 4) is 0 Å². The van der Waals surface area contributed by atoms with Crippen molar-refractivity contribution < 1.29 is 23.5 Å². The third-order valence-electron chi connectivity index (χ3n) is 6.89. The van der Waals surface area contributed by atoms with Crippen molar-refractivity contribution in [1.82, 2.24) is 15.1 Å². The lowest BCUT2D eigenvalue weighted by Crippen LogP contribution is -2.60. The molecule has 34 heavy (non-hydrogen) atoms. The normalized spacial score (nSPS) is 21.5. The van der Waals surface area contributed by atoms with E-state index in [2.05, 4.69) is 5.32 Å². The number of amides is 3. The fourth-order valence-electron chi connectivity index (χ4n) is 4.84. The molecule has 3 fully saturated rings. The lowest BCUT2D eigenvalue weighted by atomic mass is 9.95. The minimum atomic E-state index is -0.952. The van der Waals surface area contributed by atoms with Crippen LogP contribution in [0, 0.1) is 12.7 Å². The third kappa shape index (κ3) is 4.30. The Kier molecular flexibility index (Phi) is 5.85. The van der Waals surface area contributed by atoms with E-state index in [0.29, 0.717) is 37.1 Å². The molecule has 3 aliphatic rings. The number of likely N-dealkylation sites (tertiary alicyclic amines) is 1. The molecule has 1 aliphatic carbocycles. The first-order valence-corrected chi connectivity index (χ1v) is 11.8. The molecular weight excluding hydrogens is 437 g/mol. The molecule has 5 rings (SSSR count). The predicted molar refractivity (Wildman–Crippen MR) is 123 cm³/mol. The van der Waals surface area contributed by atoms with Crippen molar-refractivity contribution in [2.24, 2.45) is 0 Å². The highest BCUT2D eigenvalue weighted by Crippen LogP contribution is 2.39. The number of nitrogens with one attached hydrogen (secondary N) is 1. The van der Waals surface area contributed by atoms with E-state index < -0.39 is 17.6 Å². The van der Waals surface area contributed by atoms with E-state index in [1.165, 1.54) is 24.3 Å². The maximum absolute atomic E-state index is 13.7. The Morgan fingerprint density at radius 1 is 1.00 bits per heavy atom. The van der Waals surface area contributed by atoms with Crippen molar-refractivity contribution in [2.45, 2.75) is 50.4 Å². The van der Waals surface area contributed by atoms with Crippen LogP contribution in [0.4, 0.5) is 4.39 Å². The van der Waals surface area contributed by atoms with Gasteiger partial charge in [-0.15, -0.1) is 0 Å². The Labute approximate surface area is 197 Å². The van der Waals surface area contributed by atoms with Gasteiger partial charge in [-0.25, -0.2) is 4.39 Å². The van der Waals surface area contributed by atoms with Gasteiger partial charge in [-0.05, 0) is 56.2 Å². The van der Waals surface area contributed by atoms with Gasteiger partial charge in [-0.2, -0.15) is 0 Å². The molecule has 1 unspecified atom stereocenters. The maximum Gasteiger partial charge on any atom is 0.256 e. The summed E-state index contributed by atoms with van der Waals surface area (Å²) >= 11 is 0. The SMILES string of the molecule is Cc1cccc(C(=O)N2C(C(=O)NC3CC3)COC23CCN(C(=O)c2ccc(F)cc2)CC3)c1. The first kappa shape index (κ1) is 22.5. The number of hydrogen-bond donors (Lipinski definition) is 1. The van der Waals surface area contributed by atoms with Gasteiger partial charge in [0.15, 0.2) is 0 Å². The summed E-state index contributed by atoms with van der Waals surface area (Å²) in [7, 11) is 0. The number of halogens is 1. The molecule has 2 aromatic carbocycles. The van der Waals surface area contributed by atoms with Gasteiger partial charge in [0.1, 0.15) is 17.6 Å². The van der Waals surface area contributed by atoms with Crippen LogP contribution in [-0.2, 0) is 9.53 Å². The zero-order valence-electron chi connectivity index (χ0n) is 19.1.